The van der Waals surface area contributed by atoms with Gasteiger partial charge in [-0.25, -0.2) is 0 Å². The molecule has 1 aliphatic rings. The molecule has 2 aromatic carbocycles. The van der Waals surface area contributed by atoms with Crippen LogP contribution in [0.4, 0.5) is 5.82 Å². The molecule has 1 saturated heterocycles. The molecule has 1 N–H and O–H groups in total. The van der Waals surface area contributed by atoms with Gasteiger partial charge in [-0.3, -0.25) is 4.79 Å². The Bertz CT molecular complexity index is 1020. The summed E-state index contributed by atoms with van der Waals surface area (Å²) in [4.78, 5) is 15.0. The predicted octanol–water partition coefficient (Wildman–Crippen LogP) is 4.85. The molecule has 5 nitrogen and oxygen atoms in total. The number of nitrogens with zero attached hydrogens (tertiary/aromatic N) is 3. The first kappa shape index (κ1) is 21.0. The van der Waals surface area contributed by atoms with Gasteiger partial charge in [-0.2, -0.15) is 0 Å². The van der Waals surface area contributed by atoms with Crippen LogP contribution in [0.2, 0.25) is 0 Å². The molecule has 0 saturated carbocycles. The fourth-order valence-electron chi connectivity index (χ4n) is 4.09. The monoisotopic (exact) mass is 414 g/mol. The molecule has 5 heteroatoms. The van der Waals surface area contributed by atoms with Gasteiger partial charge in [0.05, 0.1) is 11.7 Å². The Hall–Kier alpha value is -3.21. The van der Waals surface area contributed by atoms with Crippen LogP contribution in [0.5, 0.6) is 0 Å². The summed E-state index contributed by atoms with van der Waals surface area (Å²) < 4.78 is 0. The lowest BCUT2D eigenvalue weighted by atomic mass is 9.95. The van der Waals surface area contributed by atoms with Crippen molar-refractivity contribution in [3.8, 4) is 11.3 Å². The zero-order chi connectivity index (χ0) is 21.8. The van der Waals surface area contributed by atoms with E-state index in [1.807, 2.05) is 25.1 Å². The van der Waals surface area contributed by atoms with Crippen molar-refractivity contribution in [2.45, 2.75) is 39.7 Å². The first-order chi connectivity index (χ1) is 15.0. The molecule has 0 bridgehead atoms. The van der Waals surface area contributed by atoms with Gasteiger partial charge in [0.15, 0.2) is 5.82 Å². The summed E-state index contributed by atoms with van der Waals surface area (Å²) in [5.41, 5.74) is 5.54. The number of rotatable bonds is 5. The number of carbonyl (C=O) groups excluding carboxylic acids is 1. The zero-order valence-electron chi connectivity index (χ0n) is 18.5. The van der Waals surface area contributed by atoms with Gasteiger partial charge in [-0.15, -0.1) is 10.2 Å². The summed E-state index contributed by atoms with van der Waals surface area (Å²) in [7, 11) is 0. The second-order valence-corrected chi connectivity index (χ2v) is 8.55. The SMILES string of the molecule is Cc1ccc(C(C)NC(=O)C2CCN(c3ccc(-c4cccc(C)c4)nn3)CC2)cc1. The largest absolute Gasteiger partial charge is 0.355 e. The first-order valence-electron chi connectivity index (χ1n) is 11.0. The molecule has 1 unspecified atom stereocenters. The molecule has 1 aliphatic heterocycles. The van der Waals surface area contributed by atoms with Crippen molar-refractivity contribution in [1.82, 2.24) is 15.5 Å². The molecule has 0 aliphatic carbocycles. The van der Waals surface area contributed by atoms with Gasteiger partial charge in [-0.05, 0) is 57.4 Å². The number of aryl methyl sites for hydroxylation is 2. The third-order valence-electron chi connectivity index (χ3n) is 6.09. The van der Waals surface area contributed by atoms with E-state index < -0.39 is 0 Å². The number of hydrogen-bond acceptors (Lipinski definition) is 4. The molecule has 3 aromatic rings. The Labute approximate surface area is 184 Å². The second-order valence-electron chi connectivity index (χ2n) is 8.55. The van der Waals surface area contributed by atoms with Crippen molar-refractivity contribution in [1.29, 1.82) is 0 Å². The maximum atomic E-state index is 12.8. The van der Waals surface area contributed by atoms with Gasteiger partial charge in [-0.1, -0.05) is 53.6 Å². The summed E-state index contributed by atoms with van der Waals surface area (Å²) in [5.74, 6) is 1.07. The normalized spacial score (nSPS) is 15.5. The number of piperidine rings is 1. The van der Waals surface area contributed by atoms with Crippen molar-refractivity contribution >= 4 is 11.7 Å². The smallest absolute Gasteiger partial charge is 0.223 e. The van der Waals surface area contributed by atoms with Gasteiger partial charge in [0.25, 0.3) is 0 Å². The highest BCUT2D eigenvalue weighted by Crippen LogP contribution is 2.25. The molecule has 1 amide bonds. The molecule has 0 spiro atoms. The third-order valence-corrected chi connectivity index (χ3v) is 6.09. The Morgan fingerprint density at radius 1 is 0.968 bits per heavy atom. The molecule has 160 valence electrons. The van der Waals surface area contributed by atoms with Crippen LogP contribution >= 0.6 is 0 Å². The number of anilines is 1. The average molecular weight is 415 g/mol. The minimum Gasteiger partial charge on any atom is -0.355 e. The topological polar surface area (TPSA) is 58.1 Å². The third kappa shape index (κ3) is 5.10. The van der Waals surface area contributed by atoms with Crippen LogP contribution in [0, 0.1) is 19.8 Å². The Morgan fingerprint density at radius 2 is 1.71 bits per heavy atom. The summed E-state index contributed by atoms with van der Waals surface area (Å²) in [6.45, 7) is 7.82. The van der Waals surface area contributed by atoms with Gasteiger partial charge in [0.2, 0.25) is 5.91 Å². The second kappa shape index (κ2) is 9.29. The fraction of sp³-hybridized carbons (Fsp3) is 0.346. The maximum Gasteiger partial charge on any atom is 0.223 e. The number of aromatic nitrogens is 2. The molecular weight excluding hydrogens is 384 g/mol. The molecule has 1 aromatic heterocycles. The van der Waals surface area contributed by atoms with Crippen LogP contribution in [0.3, 0.4) is 0 Å². The lowest BCUT2D eigenvalue weighted by molar-refractivity contribution is -0.126. The van der Waals surface area contributed by atoms with Gasteiger partial charge < -0.3 is 10.2 Å². The van der Waals surface area contributed by atoms with Crippen molar-refractivity contribution < 1.29 is 4.79 Å². The number of benzene rings is 2. The van der Waals surface area contributed by atoms with E-state index >= 15 is 0 Å². The number of hydrogen-bond donors (Lipinski definition) is 1. The molecule has 4 rings (SSSR count). The lowest BCUT2D eigenvalue weighted by Gasteiger charge is -2.32. The van der Waals surface area contributed by atoms with Crippen LogP contribution in [0.1, 0.15) is 42.5 Å². The summed E-state index contributed by atoms with van der Waals surface area (Å²) in [6, 6.07) is 20.7. The fourth-order valence-corrected chi connectivity index (χ4v) is 4.09. The van der Waals surface area contributed by atoms with E-state index in [1.165, 1.54) is 11.1 Å². The van der Waals surface area contributed by atoms with E-state index in [9.17, 15) is 4.79 Å². The van der Waals surface area contributed by atoms with E-state index in [1.54, 1.807) is 0 Å². The lowest BCUT2D eigenvalue weighted by Crippen LogP contribution is -2.41. The molecule has 1 atom stereocenters. The maximum absolute atomic E-state index is 12.8. The Balaban J connectivity index is 1.32. The van der Waals surface area contributed by atoms with E-state index in [-0.39, 0.29) is 17.9 Å². The Morgan fingerprint density at radius 3 is 2.35 bits per heavy atom. The zero-order valence-corrected chi connectivity index (χ0v) is 18.5. The highest BCUT2D eigenvalue weighted by Gasteiger charge is 2.26. The quantitative estimate of drug-likeness (QED) is 0.648. The van der Waals surface area contributed by atoms with Crippen molar-refractivity contribution in [2.24, 2.45) is 5.92 Å². The Kier molecular flexibility index (Phi) is 6.31. The molecular formula is C26H30N4O. The number of amides is 1. The predicted molar refractivity (Wildman–Crippen MR) is 125 cm³/mol. The highest BCUT2D eigenvalue weighted by atomic mass is 16.1. The summed E-state index contributed by atoms with van der Waals surface area (Å²) in [6.07, 6.45) is 1.65. The number of carbonyl (C=O) groups is 1. The highest BCUT2D eigenvalue weighted by molar-refractivity contribution is 5.79. The van der Waals surface area contributed by atoms with Crippen molar-refractivity contribution in [3.05, 3.63) is 77.4 Å². The van der Waals surface area contributed by atoms with Crippen LogP contribution in [-0.4, -0.2) is 29.2 Å². The molecule has 0 radical (unpaired) electrons. The van der Waals surface area contributed by atoms with Crippen LogP contribution in [0.15, 0.2) is 60.7 Å². The standard InChI is InChI=1S/C26H30N4O/c1-18-7-9-21(10-8-18)20(3)27-26(31)22-13-15-30(16-14-22)25-12-11-24(28-29-25)23-6-4-5-19(2)17-23/h4-12,17,20,22H,13-16H2,1-3H3,(H,27,31). The van der Waals surface area contributed by atoms with Gasteiger partial charge in [0.1, 0.15) is 0 Å². The minimum atomic E-state index is 0.0196. The summed E-state index contributed by atoms with van der Waals surface area (Å²) >= 11 is 0. The summed E-state index contributed by atoms with van der Waals surface area (Å²) in [5, 5.41) is 12.1. The van der Waals surface area contributed by atoms with Crippen LogP contribution in [-0.2, 0) is 4.79 Å². The average Bonchev–Trinajstić information content (AvgIpc) is 2.80. The number of nitrogens with one attached hydrogen (secondary N) is 1. The van der Waals surface area contributed by atoms with Crippen molar-refractivity contribution in [3.63, 3.8) is 0 Å². The molecule has 2 heterocycles. The van der Waals surface area contributed by atoms with Crippen LogP contribution in [0.25, 0.3) is 11.3 Å². The molecule has 31 heavy (non-hydrogen) atoms. The first-order valence-corrected chi connectivity index (χ1v) is 11.0. The molecule has 1 fully saturated rings. The van der Waals surface area contributed by atoms with Gasteiger partial charge >= 0.3 is 0 Å². The van der Waals surface area contributed by atoms with E-state index in [4.69, 9.17) is 0 Å². The van der Waals surface area contributed by atoms with Gasteiger partial charge in [0, 0.05) is 24.6 Å². The van der Waals surface area contributed by atoms with Crippen LogP contribution < -0.4 is 10.2 Å². The van der Waals surface area contributed by atoms with Crippen molar-refractivity contribution in [2.75, 3.05) is 18.0 Å². The van der Waals surface area contributed by atoms with E-state index in [0.717, 1.165) is 48.6 Å². The van der Waals surface area contributed by atoms with E-state index in [0.29, 0.717) is 0 Å². The minimum absolute atomic E-state index is 0.0196. The van der Waals surface area contributed by atoms with E-state index in [2.05, 4.69) is 76.7 Å².